The lowest BCUT2D eigenvalue weighted by Crippen LogP contribution is -2.15. The molecule has 0 amide bonds. The Morgan fingerprint density at radius 1 is 1.07 bits per heavy atom. The summed E-state index contributed by atoms with van der Waals surface area (Å²) in [7, 11) is 0. The minimum Gasteiger partial charge on any atom is -0.454 e. The highest BCUT2D eigenvalue weighted by Gasteiger charge is 2.20. The summed E-state index contributed by atoms with van der Waals surface area (Å²) in [5.41, 5.74) is 1.09. The summed E-state index contributed by atoms with van der Waals surface area (Å²) >= 11 is 0. The Balaban J connectivity index is 1.58. The third kappa shape index (κ3) is 4.60. The van der Waals surface area contributed by atoms with E-state index in [1.807, 2.05) is 30.3 Å². The lowest BCUT2D eigenvalue weighted by Gasteiger charge is -2.13. The highest BCUT2D eigenvalue weighted by molar-refractivity contribution is 5.97. The number of Topliss-reactive ketones (excluding diaryl/α,β-unsaturated/α-hetero) is 1. The molecule has 1 heterocycles. The minimum absolute atomic E-state index is 0.0270. The van der Waals surface area contributed by atoms with E-state index >= 15 is 0 Å². The summed E-state index contributed by atoms with van der Waals surface area (Å²) in [6.45, 7) is 1.66. The topological polar surface area (TPSA) is 87.0 Å². The van der Waals surface area contributed by atoms with Crippen LogP contribution in [-0.4, -0.2) is 32.0 Å². The highest BCUT2D eigenvalue weighted by Crippen LogP contribution is 2.18. The molecule has 7 nitrogen and oxygen atoms in total. The Morgan fingerprint density at radius 2 is 1.78 bits per heavy atom. The van der Waals surface area contributed by atoms with Gasteiger partial charge in [0.15, 0.2) is 17.7 Å². The van der Waals surface area contributed by atoms with Crippen molar-refractivity contribution in [1.29, 1.82) is 0 Å². The first-order valence-corrected chi connectivity index (χ1v) is 8.36. The van der Waals surface area contributed by atoms with Crippen molar-refractivity contribution in [2.24, 2.45) is 0 Å². The summed E-state index contributed by atoms with van der Waals surface area (Å²) in [5, 5.41) is 11.5. The number of nitrogens with zero attached hydrogens (tertiary/aromatic N) is 4. The van der Waals surface area contributed by atoms with Gasteiger partial charge in [-0.3, -0.25) is 9.59 Å². The van der Waals surface area contributed by atoms with Crippen LogP contribution in [0.1, 0.15) is 42.1 Å². The maximum Gasteiger partial charge on any atom is 0.306 e. The molecule has 8 heteroatoms. The van der Waals surface area contributed by atoms with Gasteiger partial charge in [-0.1, -0.05) is 18.2 Å². The van der Waals surface area contributed by atoms with Gasteiger partial charge in [0.1, 0.15) is 5.82 Å². The van der Waals surface area contributed by atoms with Crippen molar-refractivity contribution in [2.75, 3.05) is 0 Å². The molecule has 0 aliphatic heterocycles. The van der Waals surface area contributed by atoms with E-state index < -0.39 is 17.9 Å². The number of rotatable bonds is 7. The van der Waals surface area contributed by atoms with Crippen LogP contribution in [-0.2, 0) is 9.53 Å². The molecule has 2 aromatic carbocycles. The number of carbonyl (C=O) groups excluding carboxylic acids is 2. The van der Waals surface area contributed by atoms with Crippen molar-refractivity contribution >= 4 is 11.8 Å². The van der Waals surface area contributed by atoms with Crippen molar-refractivity contribution in [3.05, 3.63) is 71.8 Å². The lowest BCUT2D eigenvalue weighted by molar-refractivity contribution is -0.149. The number of hydrogen-bond donors (Lipinski definition) is 0. The van der Waals surface area contributed by atoms with Crippen LogP contribution in [0.5, 0.6) is 0 Å². The summed E-state index contributed by atoms with van der Waals surface area (Å²) in [4.78, 5) is 24.1. The van der Waals surface area contributed by atoms with Gasteiger partial charge in [-0.05, 0) is 53.7 Å². The Labute approximate surface area is 154 Å². The van der Waals surface area contributed by atoms with Gasteiger partial charge >= 0.3 is 5.97 Å². The van der Waals surface area contributed by atoms with Gasteiger partial charge in [0.05, 0.1) is 12.1 Å². The van der Waals surface area contributed by atoms with Crippen LogP contribution < -0.4 is 0 Å². The smallest absolute Gasteiger partial charge is 0.306 e. The first-order valence-electron chi connectivity index (χ1n) is 8.36. The number of hydrogen-bond acceptors (Lipinski definition) is 6. The van der Waals surface area contributed by atoms with Gasteiger partial charge in [0, 0.05) is 12.0 Å². The highest BCUT2D eigenvalue weighted by atomic mass is 19.1. The number of benzene rings is 2. The van der Waals surface area contributed by atoms with Gasteiger partial charge in [-0.25, -0.2) is 4.39 Å². The number of ether oxygens (including phenoxy) is 1. The van der Waals surface area contributed by atoms with E-state index in [-0.39, 0.29) is 18.6 Å². The SMILES string of the molecule is C[C@@H](OC(=O)CCC(=O)c1ccc(F)cc1)c1nnnn1-c1ccccc1. The molecule has 0 aliphatic carbocycles. The molecular formula is C19H17FN4O3. The second-order valence-electron chi connectivity index (χ2n) is 5.85. The lowest BCUT2D eigenvalue weighted by atomic mass is 10.1. The molecule has 0 saturated carbocycles. The number of para-hydroxylation sites is 1. The van der Waals surface area contributed by atoms with Crippen LogP contribution in [0.25, 0.3) is 5.69 Å². The summed E-state index contributed by atoms with van der Waals surface area (Å²) in [6, 6.07) is 14.4. The maximum atomic E-state index is 12.9. The normalized spacial score (nSPS) is 11.8. The molecule has 0 aliphatic rings. The van der Waals surface area contributed by atoms with Gasteiger partial charge < -0.3 is 4.74 Å². The number of esters is 1. The molecule has 0 fully saturated rings. The molecule has 1 atom stereocenters. The van der Waals surface area contributed by atoms with Gasteiger partial charge in [-0.2, -0.15) is 4.68 Å². The van der Waals surface area contributed by atoms with Crippen molar-refractivity contribution in [3.8, 4) is 5.69 Å². The average Bonchev–Trinajstić information content (AvgIpc) is 3.17. The molecule has 0 saturated heterocycles. The fourth-order valence-corrected chi connectivity index (χ4v) is 2.51. The Bertz CT molecular complexity index is 926. The van der Waals surface area contributed by atoms with Gasteiger partial charge in [0.25, 0.3) is 0 Å². The average molecular weight is 368 g/mol. The largest absolute Gasteiger partial charge is 0.454 e. The van der Waals surface area contributed by atoms with E-state index in [4.69, 9.17) is 4.74 Å². The third-order valence-electron chi connectivity index (χ3n) is 3.89. The molecule has 1 aromatic heterocycles. The van der Waals surface area contributed by atoms with Crippen LogP contribution in [0.4, 0.5) is 4.39 Å². The molecule has 0 radical (unpaired) electrons. The molecule has 27 heavy (non-hydrogen) atoms. The number of carbonyl (C=O) groups is 2. The van der Waals surface area contributed by atoms with Crippen LogP contribution >= 0.6 is 0 Å². The fourth-order valence-electron chi connectivity index (χ4n) is 2.51. The predicted molar refractivity (Wildman–Crippen MR) is 93.6 cm³/mol. The summed E-state index contributed by atoms with van der Waals surface area (Å²) in [6.07, 6.45) is -0.803. The molecule has 0 spiro atoms. The summed E-state index contributed by atoms with van der Waals surface area (Å²) < 4.78 is 19.7. The quantitative estimate of drug-likeness (QED) is 0.470. The summed E-state index contributed by atoms with van der Waals surface area (Å²) in [5.74, 6) is -0.843. The first-order chi connectivity index (χ1) is 13.0. The molecule has 0 unspecified atom stereocenters. The second-order valence-corrected chi connectivity index (χ2v) is 5.85. The van der Waals surface area contributed by atoms with E-state index in [9.17, 15) is 14.0 Å². The van der Waals surface area contributed by atoms with Gasteiger partial charge in [-0.15, -0.1) is 5.10 Å². The number of aromatic nitrogens is 4. The van der Waals surface area contributed by atoms with Crippen LogP contribution in [0, 0.1) is 5.82 Å². The van der Waals surface area contributed by atoms with E-state index in [2.05, 4.69) is 15.5 Å². The Morgan fingerprint density at radius 3 is 2.48 bits per heavy atom. The zero-order valence-corrected chi connectivity index (χ0v) is 14.6. The number of halogens is 1. The van der Waals surface area contributed by atoms with E-state index in [1.165, 1.54) is 28.9 Å². The minimum atomic E-state index is -0.686. The van der Waals surface area contributed by atoms with Crippen LogP contribution in [0.15, 0.2) is 54.6 Å². The van der Waals surface area contributed by atoms with Crippen molar-refractivity contribution < 1.29 is 18.7 Å². The number of ketones is 1. The van der Waals surface area contributed by atoms with E-state index in [0.717, 1.165) is 5.69 Å². The van der Waals surface area contributed by atoms with Crippen molar-refractivity contribution in [1.82, 2.24) is 20.2 Å². The molecule has 3 aromatic rings. The first kappa shape index (κ1) is 18.4. The Kier molecular flexibility index (Phi) is 5.65. The monoisotopic (exact) mass is 368 g/mol. The molecule has 138 valence electrons. The predicted octanol–water partition coefficient (Wildman–Crippen LogP) is 3.07. The van der Waals surface area contributed by atoms with Crippen LogP contribution in [0.3, 0.4) is 0 Å². The fraction of sp³-hybridized carbons (Fsp3) is 0.211. The third-order valence-corrected chi connectivity index (χ3v) is 3.89. The standard InChI is InChI=1S/C19H17FN4O3/c1-13(19-21-22-23-24(19)16-5-3-2-4-6-16)27-18(26)12-11-17(25)14-7-9-15(20)10-8-14/h2-10,13H,11-12H2,1H3/t13-/m1/s1. The zero-order valence-electron chi connectivity index (χ0n) is 14.6. The number of tetrazole rings is 1. The van der Waals surface area contributed by atoms with Gasteiger partial charge in [0.2, 0.25) is 0 Å². The maximum absolute atomic E-state index is 12.9. The van der Waals surface area contributed by atoms with E-state index in [0.29, 0.717) is 11.4 Å². The zero-order chi connectivity index (χ0) is 19.2. The van der Waals surface area contributed by atoms with Crippen LogP contribution in [0.2, 0.25) is 0 Å². The molecule has 0 N–H and O–H groups in total. The molecule has 0 bridgehead atoms. The molecule has 3 rings (SSSR count). The second kappa shape index (κ2) is 8.31. The van der Waals surface area contributed by atoms with E-state index in [1.54, 1.807) is 6.92 Å². The van der Waals surface area contributed by atoms with Crippen molar-refractivity contribution in [2.45, 2.75) is 25.9 Å². The Hall–Kier alpha value is -3.42. The molecular weight excluding hydrogens is 351 g/mol. The van der Waals surface area contributed by atoms with Crippen molar-refractivity contribution in [3.63, 3.8) is 0 Å².